The van der Waals surface area contributed by atoms with E-state index in [-0.39, 0.29) is 17.3 Å². The SMILES string of the molecule is CCOCCc1noc(-c2[nH]cnc2C(=O)O)n1. The number of nitrogens with zero attached hydrogens (tertiary/aromatic N) is 3. The number of H-pyrrole nitrogens is 1. The van der Waals surface area contributed by atoms with Crippen molar-refractivity contribution in [1.82, 2.24) is 20.1 Å². The monoisotopic (exact) mass is 252 g/mol. The number of carbonyl (C=O) groups is 1. The molecule has 0 spiro atoms. The molecule has 0 radical (unpaired) electrons. The molecule has 0 fully saturated rings. The number of hydrogen-bond donors (Lipinski definition) is 2. The molecule has 0 atom stereocenters. The van der Waals surface area contributed by atoms with Crippen molar-refractivity contribution in [2.24, 2.45) is 0 Å². The quantitative estimate of drug-likeness (QED) is 0.728. The van der Waals surface area contributed by atoms with Crippen molar-refractivity contribution >= 4 is 5.97 Å². The second kappa shape index (κ2) is 5.41. The Balaban J connectivity index is 2.14. The fourth-order valence-electron chi connectivity index (χ4n) is 1.38. The summed E-state index contributed by atoms with van der Waals surface area (Å²) in [6, 6.07) is 0. The molecule has 2 N–H and O–H groups in total. The van der Waals surface area contributed by atoms with Gasteiger partial charge in [0, 0.05) is 13.0 Å². The Bertz CT molecular complexity index is 533. The van der Waals surface area contributed by atoms with Gasteiger partial charge in [0.15, 0.2) is 11.5 Å². The number of rotatable bonds is 6. The molecule has 0 aromatic carbocycles. The Morgan fingerprint density at radius 2 is 2.44 bits per heavy atom. The van der Waals surface area contributed by atoms with Crippen molar-refractivity contribution in [1.29, 1.82) is 0 Å². The summed E-state index contributed by atoms with van der Waals surface area (Å²) in [6.07, 6.45) is 1.77. The number of hydrogen-bond acceptors (Lipinski definition) is 6. The first kappa shape index (κ1) is 12.2. The standard InChI is InChI=1S/C10H12N4O4/c1-2-17-4-3-6-13-9(18-14-6)7-8(10(15)16)12-5-11-7/h5H,2-4H2,1H3,(H,11,12)(H,15,16). The minimum absolute atomic E-state index is 0.108. The maximum atomic E-state index is 10.9. The van der Waals surface area contributed by atoms with Gasteiger partial charge in [0.2, 0.25) is 0 Å². The number of imidazole rings is 1. The van der Waals surface area contributed by atoms with Crippen LogP contribution in [0, 0.1) is 0 Å². The molecule has 0 aliphatic rings. The summed E-state index contributed by atoms with van der Waals surface area (Å²) >= 11 is 0. The van der Waals surface area contributed by atoms with E-state index in [1.807, 2.05) is 6.92 Å². The summed E-state index contributed by atoms with van der Waals surface area (Å²) in [6.45, 7) is 3.00. The number of ether oxygens (including phenoxy) is 1. The van der Waals surface area contributed by atoms with Crippen LogP contribution in [-0.2, 0) is 11.2 Å². The van der Waals surface area contributed by atoms with Crippen LogP contribution < -0.4 is 0 Å². The lowest BCUT2D eigenvalue weighted by Gasteiger charge is -1.94. The van der Waals surface area contributed by atoms with Crippen LogP contribution in [-0.4, -0.2) is 44.4 Å². The summed E-state index contributed by atoms with van der Waals surface area (Å²) in [5, 5.41) is 12.6. The molecule has 18 heavy (non-hydrogen) atoms. The van der Waals surface area contributed by atoms with Gasteiger partial charge < -0.3 is 19.4 Å². The first-order valence-electron chi connectivity index (χ1n) is 5.39. The zero-order valence-electron chi connectivity index (χ0n) is 9.71. The van der Waals surface area contributed by atoms with Crippen molar-refractivity contribution in [3.8, 4) is 11.6 Å². The summed E-state index contributed by atoms with van der Waals surface area (Å²) in [5.74, 6) is -0.582. The Kier molecular flexibility index (Phi) is 3.68. The highest BCUT2D eigenvalue weighted by atomic mass is 16.5. The predicted molar refractivity (Wildman–Crippen MR) is 59.0 cm³/mol. The predicted octanol–water partition coefficient (Wildman–Crippen LogP) is 0.737. The molecule has 96 valence electrons. The smallest absolute Gasteiger partial charge is 0.356 e. The fourth-order valence-corrected chi connectivity index (χ4v) is 1.38. The summed E-state index contributed by atoms with van der Waals surface area (Å²) in [5.41, 5.74) is 0.0627. The second-order valence-electron chi connectivity index (χ2n) is 3.39. The number of nitrogens with one attached hydrogen (secondary N) is 1. The fraction of sp³-hybridized carbons (Fsp3) is 0.400. The average Bonchev–Trinajstić information content (AvgIpc) is 2.96. The molecule has 2 heterocycles. The maximum absolute atomic E-state index is 10.9. The number of carboxylic acid groups (broad SMARTS) is 1. The largest absolute Gasteiger partial charge is 0.476 e. The highest BCUT2D eigenvalue weighted by molar-refractivity contribution is 5.91. The van der Waals surface area contributed by atoms with E-state index < -0.39 is 5.97 Å². The third-order valence-corrected chi connectivity index (χ3v) is 2.20. The normalized spacial score (nSPS) is 10.7. The molecule has 0 bridgehead atoms. The van der Waals surface area contributed by atoms with Gasteiger partial charge in [0.05, 0.1) is 12.9 Å². The number of aromatic amines is 1. The van der Waals surface area contributed by atoms with E-state index in [4.69, 9.17) is 14.4 Å². The van der Waals surface area contributed by atoms with Crippen molar-refractivity contribution in [2.75, 3.05) is 13.2 Å². The third-order valence-electron chi connectivity index (χ3n) is 2.20. The minimum atomic E-state index is -1.15. The average molecular weight is 252 g/mol. The first-order valence-corrected chi connectivity index (χ1v) is 5.39. The molecule has 2 rings (SSSR count). The van der Waals surface area contributed by atoms with Crippen molar-refractivity contribution in [3.63, 3.8) is 0 Å². The van der Waals surface area contributed by atoms with E-state index in [1.54, 1.807) is 0 Å². The molecular weight excluding hydrogens is 240 g/mol. The molecule has 0 amide bonds. The zero-order chi connectivity index (χ0) is 13.0. The van der Waals surface area contributed by atoms with Gasteiger partial charge in [-0.05, 0) is 6.92 Å². The van der Waals surface area contributed by atoms with E-state index in [2.05, 4.69) is 20.1 Å². The van der Waals surface area contributed by atoms with E-state index in [9.17, 15) is 4.79 Å². The van der Waals surface area contributed by atoms with Gasteiger partial charge in [-0.15, -0.1) is 0 Å². The van der Waals surface area contributed by atoms with Crippen LogP contribution in [0.15, 0.2) is 10.9 Å². The van der Waals surface area contributed by atoms with Gasteiger partial charge >= 0.3 is 5.97 Å². The summed E-state index contributed by atoms with van der Waals surface area (Å²) < 4.78 is 10.1. The number of aromatic carboxylic acids is 1. The molecule has 8 nitrogen and oxygen atoms in total. The highest BCUT2D eigenvalue weighted by Crippen LogP contribution is 2.18. The Morgan fingerprint density at radius 1 is 1.61 bits per heavy atom. The van der Waals surface area contributed by atoms with Crippen molar-refractivity contribution in [2.45, 2.75) is 13.3 Å². The molecular formula is C10H12N4O4. The van der Waals surface area contributed by atoms with Gasteiger partial charge in [0.1, 0.15) is 5.69 Å². The zero-order valence-corrected chi connectivity index (χ0v) is 9.71. The van der Waals surface area contributed by atoms with E-state index in [0.29, 0.717) is 25.5 Å². The minimum Gasteiger partial charge on any atom is -0.476 e. The molecule has 0 saturated carbocycles. The lowest BCUT2D eigenvalue weighted by molar-refractivity contribution is 0.0691. The molecule has 0 unspecified atom stereocenters. The van der Waals surface area contributed by atoms with Crippen LogP contribution in [0.25, 0.3) is 11.6 Å². The Hall–Kier alpha value is -2.22. The molecule has 2 aromatic rings. The maximum Gasteiger partial charge on any atom is 0.356 e. The van der Waals surface area contributed by atoms with Crippen LogP contribution in [0.1, 0.15) is 23.2 Å². The summed E-state index contributed by atoms with van der Waals surface area (Å²) in [7, 11) is 0. The van der Waals surface area contributed by atoms with Gasteiger partial charge in [-0.1, -0.05) is 5.16 Å². The van der Waals surface area contributed by atoms with E-state index >= 15 is 0 Å². The topological polar surface area (TPSA) is 114 Å². The molecule has 2 aromatic heterocycles. The highest BCUT2D eigenvalue weighted by Gasteiger charge is 2.19. The third kappa shape index (κ3) is 2.54. The lowest BCUT2D eigenvalue weighted by atomic mass is 10.3. The van der Waals surface area contributed by atoms with Gasteiger partial charge in [-0.25, -0.2) is 9.78 Å². The number of aromatic nitrogens is 4. The Morgan fingerprint density at radius 3 is 3.17 bits per heavy atom. The van der Waals surface area contributed by atoms with Gasteiger partial charge in [-0.2, -0.15) is 4.98 Å². The van der Waals surface area contributed by atoms with Crippen LogP contribution in [0.3, 0.4) is 0 Å². The van der Waals surface area contributed by atoms with Crippen LogP contribution in [0.2, 0.25) is 0 Å². The van der Waals surface area contributed by atoms with Gasteiger partial charge in [0.25, 0.3) is 5.89 Å². The molecule has 8 heteroatoms. The van der Waals surface area contributed by atoms with Gasteiger partial charge in [-0.3, -0.25) is 0 Å². The lowest BCUT2D eigenvalue weighted by Crippen LogP contribution is -2.00. The van der Waals surface area contributed by atoms with Crippen molar-refractivity contribution < 1.29 is 19.2 Å². The summed E-state index contributed by atoms with van der Waals surface area (Å²) in [4.78, 5) is 21.3. The molecule has 0 aliphatic heterocycles. The first-order chi connectivity index (χ1) is 8.72. The van der Waals surface area contributed by atoms with E-state index in [0.717, 1.165) is 0 Å². The van der Waals surface area contributed by atoms with E-state index in [1.165, 1.54) is 6.33 Å². The van der Waals surface area contributed by atoms with Crippen LogP contribution >= 0.6 is 0 Å². The van der Waals surface area contributed by atoms with Crippen LogP contribution in [0.5, 0.6) is 0 Å². The van der Waals surface area contributed by atoms with Crippen LogP contribution in [0.4, 0.5) is 0 Å². The Labute approximate surface area is 102 Å². The molecule has 0 aliphatic carbocycles. The van der Waals surface area contributed by atoms with Crippen molar-refractivity contribution in [3.05, 3.63) is 17.8 Å². The molecule has 0 saturated heterocycles. The number of carboxylic acids is 1. The second-order valence-corrected chi connectivity index (χ2v) is 3.39.